The smallest absolute Gasteiger partial charge is 0.358 e. The number of ether oxygens (including phenoxy) is 1. The third-order valence-electron chi connectivity index (χ3n) is 3.91. The standard InChI is InChI=1S/C15H22N2O3S/c1-9-5-4-6-11(7-9)8-16-15-17-12(14(19)20-3)13(21-15)10(2)18/h9,11H,4-8H2,1-3H3,(H,16,17). The second-order valence-electron chi connectivity index (χ2n) is 5.76. The van der Waals surface area contributed by atoms with Gasteiger partial charge in [0.2, 0.25) is 0 Å². The van der Waals surface area contributed by atoms with Crippen molar-refractivity contribution in [1.29, 1.82) is 0 Å². The second-order valence-corrected chi connectivity index (χ2v) is 6.76. The van der Waals surface area contributed by atoms with Crippen LogP contribution in [0.2, 0.25) is 0 Å². The molecule has 2 atom stereocenters. The van der Waals surface area contributed by atoms with Crippen molar-refractivity contribution in [3.8, 4) is 0 Å². The highest BCUT2D eigenvalue weighted by Crippen LogP contribution is 2.30. The number of carbonyl (C=O) groups is 2. The first-order valence-electron chi connectivity index (χ1n) is 7.35. The number of Topliss-reactive ketones (excluding diaryl/α,β-unsaturated/α-hetero) is 1. The molecular weight excluding hydrogens is 288 g/mol. The van der Waals surface area contributed by atoms with E-state index in [1.807, 2.05) is 0 Å². The van der Waals surface area contributed by atoms with E-state index in [9.17, 15) is 9.59 Å². The number of ketones is 1. The van der Waals surface area contributed by atoms with E-state index < -0.39 is 5.97 Å². The van der Waals surface area contributed by atoms with Crippen LogP contribution in [0, 0.1) is 11.8 Å². The number of methoxy groups -OCH3 is 1. The molecular formula is C15H22N2O3S. The second kappa shape index (κ2) is 7.02. The number of anilines is 1. The maximum atomic E-state index is 11.6. The molecule has 0 saturated heterocycles. The average molecular weight is 310 g/mol. The topological polar surface area (TPSA) is 68.3 Å². The molecule has 21 heavy (non-hydrogen) atoms. The minimum atomic E-state index is -0.559. The van der Waals surface area contributed by atoms with E-state index in [0.29, 0.717) is 15.9 Å². The molecule has 1 aliphatic rings. The predicted molar refractivity (Wildman–Crippen MR) is 83.1 cm³/mol. The van der Waals surface area contributed by atoms with Gasteiger partial charge < -0.3 is 10.1 Å². The van der Waals surface area contributed by atoms with Crippen LogP contribution >= 0.6 is 11.3 Å². The molecule has 6 heteroatoms. The summed E-state index contributed by atoms with van der Waals surface area (Å²) in [7, 11) is 1.29. The molecule has 0 aliphatic heterocycles. The summed E-state index contributed by atoms with van der Waals surface area (Å²) in [6, 6.07) is 0. The summed E-state index contributed by atoms with van der Waals surface area (Å²) in [5.41, 5.74) is 0.120. The molecule has 0 spiro atoms. The van der Waals surface area contributed by atoms with E-state index in [2.05, 4.69) is 22.0 Å². The van der Waals surface area contributed by atoms with E-state index in [1.165, 1.54) is 51.1 Å². The lowest BCUT2D eigenvalue weighted by atomic mass is 9.82. The van der Waals surface area contributed by atoms with Gasteiger partial charge in [-0.3, -0.25) is 4.79 Å². The van der Waals surface area contributed by atoms with Crippen molar-refractivity contribution in [3.63, 3.8) is 0 Å². The zero-order valence-corrected chi connectivity index (χ0v) is 13.6. The molecule has 1 aromatic heterocycles. The molecule has 0 bridgehead atoms. The molecule has 1 N–H and O–H groups in total. The van der Waals surface area contributed by atoms with Crippen LogP contribution in [-0.2, 0) is 4.74 Å². The summed E-state index contributed by atoms with van der Waals surface area (Å²) in [5.74, 6) is 0.697. The summed E-state index contributed by atoms with van der Waals surface area (Å²) in [5, 5.41) is 3.90. The molecule has 0 radical (unpaired) electrons. The Labute approximate surface area is 129 Å². The Kier molecular flexibility index (Phi) is 5.33. The monoisotopic (exact) mass is 310 g/mol. The highest BCUT2D eigenvalue weighted by Gasteiger charge is 2.23. The van der Waals surface area contributed by atoms with Crippen LogP contribution in [0.4, 0.5) is 5.13 Å². The Morgan fingerprint density at radius 1 is 1.43 bits per heavy atom. The summed E-state index contributed by atoms with van der Waals surface area (Å²) in [6.45, 7) is 4.57. The first-order chi connectivity index (χ1) is 10.0. The van der Waals surface area contributed by atoms with Crippen LogP contribution in [-0.4, -0.2) is 30.4 Å². The van der Waals surface area contributed by atoms with E-state index >= 15 is 0 Å². The van der Waals surface area contributed by atoms with E-state index in [-0.39, 0.29) is 11.5 Å². The zero-order chi connectivity index (χ0) is 15.4. The Bertz CT molecular complexity index is 527. The maximum Gasteiger partial charge on any atom is 0.358 e. The molecule has 0 amide bonds. The summed E-state index contributed by atoms with van der Waals surface area (Å²) in [6.07, 6.45) is 5.04. The Morgan fingerprint density at radius 3 is 2.81 bits per heavy atom. The number of rotatable bonds is 5. The number of nitrogens with zero attached hydrogens (tertiary/aromatic N) is 1. The lowest BCUT2D eigenvalue weighted by Crippen LogP contribution is -2.21. The number of carbonyl (C=O) groups excluding carboxylic acids is 2. The molecule has 5 nitrogen and oxygen atoms in total. The molecule has 1 aliphatic carbocycles. The number of aromatic nitrogens is 1. The van der Waals surface area contributed by atoms with Crippen molar-refractivity contribution in [3.05, 3.63) is 10.6 Å². The van der Waals surface area contributed by atoms with Gasteiger partial charge in [0.1, 0.15) is 4.88 Å². The molecule has 2 unspecified atom stereocenters. The van der Waals surface area contributed by atoms with Crippen LogP contribution in [0.5, 0.6) is 0 Å². The number of hydrogen-bond acceptors (Lipinski definition) is 6. The summed E-state index contributed by atoms with van der Waals surface area (Å²) < 4.78 is 4.67. The van der Waals surface area contributed by atoms with Gasteiger partial charge in [0.25, 0.3) is 0 Å². The highest BCUT2D eigenvalue weighted by molar-refractivity contribution is 7.17. The molecule has 0 aromatic carbocycles. The molecule has 1 saturated carbocycles. The minimum absolute atomic E-state index is 0.120. The fraction of sp³-hybridized carbons (Fsp3) is 0.667. The van der Waals surface area contributed by atoms with E-state index in [1.54, 1.807) is 0 Å². The summed E-state index contributed by atoms with van der Waals surface area (Å²) >= 11 is 1.23. The average Bonchev–Trinajstić information content (AvgIpc) is 2.89. The fourth-order valence-corrected chi connectivity index (χ4v) is 3.70. The number of thiazole rings is 1. The Balaban J connectivity index is 2.03. The van der Waals surface area contributed by atoms with Gasteiger partial charge in [-0.05, 0) is 24.7 Å². The van der Waals surface area contributed by atoms with Crippen LogP contribution in [0.1, 0.15) is 59.7 Å². The van der Waals surface area contributed by atoms with Crippen molar-refractivity contribution < 1.29 is 14.3 Å². The number of esters is 1. The Hall–Kier alpha value is -1.43. The van der Waals surface area contributed by atoms with Gasteiger partial charge in [-0.2, -0.15) is 0 Å². The van der Waals surface area contributed by atoms with Gasteiger partial charge in [0.05, 0.1) is 7.11 Å². The van der Waals surface area contributed by atoms with Gasteiger partial charge in [-0.1, -0.05) is 31.1 Å². The van der Waals surface area contributed by atoms with Gasteiger partial charge in [-0.15, -0.1) is 0 Å². The van der Waals surface area contributed by atoms with Crippen molar-refractivity contribution >= 4 is 28.2 Å². The predicted octanol–water partition coefficient (Wildman–Crippen LogP) is 3.37. The molecule has 2 rings (SSSR count). The SMILES string of the molecule is COC(=O)c1nc(NCC2CCCC(C)C2)sc1C(C)=O. The van der Waals surface area contributed by atoms with Crippen molar-refractivity contribution in [2.45, 2.75) is 39.5 Å². The molecule has 1 fully saturated rings. The molecule has 1 heterocycles. The van der Waals surface area contributed by atoms with Gasteiger partial charge in [0.15, 0.2) is 16.6 Å². The number of hydrogen-bond donors (Lipinski definition) is 1. The first kappa shape index (κ1) is 15.9. The lowest BCUT2D eigenvalue weighted by molar-refractivity contribution is 0.0591. The number of nitrogens with one attached hydrogen (secondary N) is 1. The molecule has 1 aromatic rings. The van der Waals surface area contributed by atoms with Crippen LogP contribution in [0.25, 0.3) is 0 Å². The third kappa shape index (κ3) is 4.03. The Morgan fingerprint density at radius 2 is 2.19 bits per heavy atom. The largest absolute Gasteiger partial charge is 0.464 e. The van der Waals surface area contributed by atoms with Gasteiger partial charge >= 0.3 is 5.97 Å². The first-order valence-corrected chi connectivity index (χ1v) is 8.16. The fourth-order valence-electron chi connectivity index (χ4n) is 2.85. The van der Waals surface area contributed by atoms with Crippen LogP contribution in [0.15, 0.2) is 0 Å². The molecule has 116 valence electrons. The highest BCUT2D eigenvalue weighted by atomic mass is 32.1. The van der Waals surface area contributed by atoms with Gasteiger partial charge in [-0.25, -0.2) is 9.78 Å². The zero-order valence-electron chi connectivity index (χ0n) is 12.8. The minimum Gasteiger partial charge on any atom is -0.464 e. The lowest BCUT2D eigenvalue weighted by Gasteiger charge is -2.26. The van der Waals surface area contributed by atoms with Crippen LogP contribution < -0.4 is 5.32 Å². The van der Waals surface area contributed by atoms with E-state index in [4.69, 9.17) is 0 Å². The third-order valence-corrected chi connectivity index (χ3v) is 5.03. The van der Waals surface area contributed by atoms with Gasteiger partial charge in [0, 0.05) is 13.5 Å². The van der Waals surface area contributed by atoms with E-state index in [0.717, 1.165) is 12.5 Å². The van der Waals surface area contributed by atoms with Crippen molar-refractivity contribution in [2.75, 3.05) is 19.0 Å². The summed E-state index contributed by atoms with van der Waals surface area (Å²) in [4.78, 5) is 27.8. The van der Waals surface area contributed by atoms with Crippen LogP contribution in [0.3, 0.4) is 0 Å². The normalized spacial score (nSPS) is 21.9. The maximum absolute atomic E-state index is 11.6. The quantitative estimate of drug-likeness (QED) is 0.667. The van der Waals surface area contributed by atoms with Crippen molar-refractivity contribution in [1.82, 2.24) is 4.98 Å². The van der Waals surface area contributed by atoms with Crippen molar-refractivity contribution in [2.24, 2.45) is 11.8 Å².